The first kappa shape index (κ1) is 16.0. The Hall–Kier alpha value is -0.0800. The molecule has 0 bridgehead atoms. The predicted octanol–water partition coefficient (Wildman–Crippen LogP) is 3.33. The highest BCUT2D eigenvalue weighted by Gasteiger charge is 2.37. The van der Waals surface area contributed by atoms with E-state index in [1.54, 1.807) is 0 Å². The second-order valence-corrected chi connectivity index (χ2v) is 6.20. The Kier molecular flexibility index (Phi) is 7.25. The zero-order chi connectivity index (χ0) is 12.0. The maximum atomic E-state index is 2.57. The summed E-state index contributed by atoms with van der Waals surface area (Å²) in [6.07, 6.45) is 10.1. The van der Waals surface area contributed by atoms with Crippen molar-refractivity contribution in [1.29, 1.82) is 0 Å². The van der Waals surface area contributed by atoms with Crippen molar-refractivity contribution in [2.75, 3.05) is 45.8 Å². The van der Waals surface area contributed by atoms with E-state index >= 15 is 0 Å². The Bertz CT molecular complexity index is 197. The molecular weight excluding hydrogens is 220 g/mol. The third-order valence-corrected chi connectivity index (χ3v) is 4.81. The second kappa shape index (κ2) is 8.16. The van der Waals surface area contributed by atoms with Gasteiger partial charge in [0, 0.05) is 19.3 Å². The highest BCUT2D eigenvalue weighted by atomic mass is 15.4. The van der Waals surface area contributed by atoms with Crippen LogP contribution in [0.25, 0.3) is 0 Å². The second-order valence-electron chi connectivity index (χ2n) is 6.20. The third kappa shape index (κ3) is 4.55. The van der Waals surface area contributed by atoms with Gasteiger partial charge in [0.05, 0.1) is 26.2 Å². The Balaban J connectivity index is 0.000000171. The fourth-order valence-corrected chi connectivity index (χ4v) is 3.45. The van der Waals surface area contributed by atoms with Crippen molar-refractivity contribution in [3.05, 3.63) is 7.43 Å². The van der Waals surface area contributed by atoms with Crippen LogP contribution in [0.15, 0.2) is 0 Å². The number of unbranched alkanes of at least 4 members (excludes halogenated alkanes) is 1. The average Bonchev–Trinajstić information content (AvgIpc) is 2.97. The highest BCUT2D eigenvalue weighted by Crippen LogP contribution is 2.26. The standard InChI is InChI=1S/C8H17N.C7H14N.CH3/c1-2-3-6-9-7-4-5-8-9;1-2-5-8(4-1)6-3-7-8;/h2-8H2,1H3;1-7H2;1H3/q;+1;-1. The molecule has 108 valence electrons. The molecule has 0 amide bonds. The van der Waals surface area contributed by atoms with Crippen molar-refractivity contribution >= 4 is 0 Å². The van der Waals surface area contributed by atoms with Crippen LogP contribution in [0.2, 0.25) is 0 Å². The van der Waals surface area contributed by atoms with E-state index in [9.17, 15) is 0 Å². The van der Waals surface area contributed by atoms with Crippen LogP contribution in [0.1, 0.15) is 51.9 Å². The van der Waals surface area contributed by atoms with Crippen molar-refractivity contribution < 1.29 is 4.48 Å². The maximum Gasteiger partial charge on any atom is 0.0841 e. The average molecular weight is 254 g/mol. The van der Waals surface area contributed by atoms with Gasteiger partial charge in [-0.2, -0.15) is 0 Å². The minimum Gasteiger partial charge on any atom is -0.358 e. The summed E-state index contributed by atoms with van der Waals surface area (Å²) in [7, 11) is 0. The first-order chi connectivity index (χ1) is 8.35. The Morgan fingerprint density at radius 2 is 1.39 bits per heavy atom. The summed E-state index contributed by atoms with van der Waals surface area (Å²) in [5, 5.41) is 0. The van der Waals surface area contributed by atoms with E-state index in [0.717, 1.165) is 0 Å². The van der Waals surface area contributed by atoms with Gasteiger partial charge in [0.1, 0.15) is 0 Å². The van der Waals surface area contributed by atoms with Crippen molar-refractivity contribution in [3.63, 3.8) is 0 Å². The van der Waals surface area contributed by atoms with Crippen molar-refractivity contribution in [2.45, 2.75) is 51.9 Å². The molecule has 1 spiro atoms. The number of rotatable bonds is 3. The van der Waals surface area contributed by atoms with E-state index in [4.69, 9.17) is 0 Å². The van der Waals surface area contributed by atoms with Gasteiger partial charge in [0.2, 0.25) is 0 Å². The minimum absolute atomic E-state index is 0. The van der Waals surface area contributed by atoms with Crippen LogP contribution >= 0.6 is 0 Å². The quantitative estimate of drug-likeness (QED) is 0.551. The van der Waals surface area contributed by atoms with Crippen LogP contribution < -0.4 is 0 Å². The van der Waals surface area contributed by atoms with Gasteiger partial charge in [-0.05, 0) is 38.9 Å². The molecular formula is C16H34N2. The first-order valence-electron chi connectivity index (χ1n) is 7.92. The Morgan fingerprint density at radius 3 is 1.78 bits per heavy atom. The lowest BCUT2D eigenvalue weighted by atomic mass is 10.1. The maximum absolute atomic E-state index is 2.57. The molecule has 18 heavy (non-hydrogen) atoms. The largest absolute Gasteiger partial charge is 0.358 e. The molecule has 3 heterocycles. The van der Waals surface area contributed by atoms with Crippen LogP contribution in [-0.2, 0) is 0 Å². The van der Waals surface area contributed by atoms with Crippen molar-refractivity contribution in [2.24, 2.45) is 0 Å². The summed E-state index contributed by atoms with van der Waals surface area (Å²) in [5.74, 6) is 0. The SMILES string of the molecule is C1CC[N+]2(C1)CCC2.CCCCN1CCCC1.[CH3-]. The number of hydrogen-bond donors (Lipinski definition) is 0. The molecule has 0 aliphatic carbocycles. The lowest BCUT2D eigenvalue weighted by Gasteiger charge is -2.41. The summed E-state index contributed by atoms with van der Waals surface area (Å²) < 4.78 is 1.50. The van der Waals surface area contributed by atoms with E-state index < -0.39 is 0 Å². The number of quaternary nitrogens is 1. The molecule has 3 aliphatic heterocycles. The smallest absolute Gasteiger partial charge is 0.0841 e. The van der Waals surface area contributed by atoms with Crippen LogP contribution in [-0.4, -0.2) is 55.2 Å². The van der Waals surface area contributed by atoms with Gasteiger partial charge in [0.25, 0.3) is 0 Å². The molecule has 0 radical (unpaired) electrons. The molecule has 0 aromatic heterocycles. The predicted molar refractivity (Wildman–Crippen MR) is 80.6 cm³/mol. The van der Waals surface area contributed by atoms with Crippen molar-refractivity contribution in [3.8, 4) is 0 Å². The fraction of sp³-hybridized carbons (Fsp3) is 0.938. The molecule has 0 aromatic carbocycles. The number of nitrogens with zero attached hydrogens (tertiary/aromatic N) is 2. The zero-order valence-corrected chi connectivity index (χ0v) is 12.8. The van der Waals surface area contributed by atoms with E-state index in [2.05, 4.69) is 11.8 Å². The molecule has 0 N–H and O–H groups in total. The molecule has 0 aromatic rings. The third-order valence-electron chi connectivity index (χ3n) is 4.81. The minimum atomic E-state index is 0. The Morgan fingerprint density at radius 1 is 0.833 bits per heavy atom. The summed E-state index contributed by atoms with van der Waals surface area (Å²) >= 11 is 0. The summed E-state index contributed by atoms with van der Waals surface area (Å²) in [6, 6.07) is 0. The van der Waals surface area contributed by atoms with Crippen LogP contribution in [0.3, 0.4) is 0 Å². The summed E-state index contributed by atoms with van der Waals surface area (Å²) in [5.41, 5.74) is 0. The first-order valence-corrected chi connectivity index (χ1v) is 7.92. The van der Waals surface area contributed by atoms with Gasteiger partial charge in [-0.3, -0.25) is 0 Å². The molecule has 2 nitrogen and oxygen atoms in total. The molecule has 0 atom stereocenters. The van der Waals surface area contributed by atoms with Gasteiger partial charge in [-0.15, -0.1) is 0 Å². The molecule has 0 unspecified atom stereocenters. The number of hydrogen-bond acceptors (Lipinski definition) is 1. The van der Waals surface area contributed by atoms with Gasteiger partial charge < -0.3 is 16.8 Å². The monoisotopic (exact) mass is 254 g/mol. The normalized spacial score (nSPS) is 25.2. The summed E-state index contributed by atoms with van der Waals surface area (Å²) in [4.78, 5) is 2.57. The lowest BCUT2D eigenvalue weighted by Crippen LogP contribution is -2.55. The van der Waals surface area contributed by atoms with Crippen molar-refractivity contribution in [1.82, 2.24) is 4.90 Å². The van der Waals surface area contributed by atoms with Gasteiger partial charge in [0.15, 0.2) is 0 Å². The topological polar surface area (TPSA) is 3.24 Å². The highest BCUT2D eigenvalue weighted by molar-refractivity contribution is 4.64. The van der Waals surface area contributed by atoms with Gasteiger partial charge >= 0.3 is 0 Å². The molecule has 3 fully saturated rings. The Labute approximate surface area is 115 Å². The molecule has 0 saturated carbocycles. The van der Waals surface area contributed by atoms with E-state index in [1.165, 1.54) is 95.2 Å². The molecule has 3 aliphatic rings. The van der Waals surface area contributed by atoms with Crippen LogP contribution in [0, 0.1) is 7.43 Å². The molecule has 3 saturated heterocycles. The van der Waals surface area contributed by atoms with E-state index in [-0.39, 0.29) is 7.43 Å². The fourth-order valence-electron chi connectivity index (χ4n) is 3.45. The van der Waals surface area contributed by atoms with E-state index in [0.29, 0.717) is 0 Å². The molecule has 2 heteroatoms. The van der Waals surface area contributed by atoms with Gasteiger partial charge in [-0.1, -0.05) is 13.3 Å². The van der Waals surface area contributed by atoms with E-state index in [1.807, 2.05) is 0 Å². The van der Waals surface area contributed by atoms with Gasteiger partial charge in [-0.25, -0.2) is 0 Å². The summed E-state index contributed by atoms with van der Waals surface area (Å²) in [6.45, 7) is 12.3. The van der Waals surface area contributed by atoms with Crippen LogP contribution in [0.4, 0.5) is 0 Å². The number of likely N-dealkylation sites (tertiary alicyclic amines) is 1. The molecule has 3 rings (SSSR count). The lowest BCUT2D eigenvalue weighted by molar-refractivity contribution is -0.952. The van der Waals surface area contributed by atoms with Crippen LogP contribution in [0.5, 0.6) is 0 Å². The zero-order valence-electron chi connectivity index (χ0n) is 12.8.